The zero-order valence-corrected chi connectivity index (χ0v) is 13.3. The summed E-state index contributed by atoms with van der Waals surface area (Å²) in [6.07, 6.45) is 4.05. The molecule has 1 aromatic carbocycles. The van der Waals surface area contributed by atoms with Gasteiger partial charge in [-0.05, 0) is 36.6 Å². The van der Waals surface area contributed by atoms with Crippen molar-refractivity contribution in [3.8, 4) is 6.07 Å². The number of carbonyl (C=O) groups is 1. The van der Waals surface area contributed by atoms with E-state index in [9.17, 15) is 10.1 Å². The van der Waals surface area contributed by atoms with E-state index >= 15 is 0 Å². The highest BCUT2D eigenvalue weighted by molar-refractivity contribution is 6.01. The molecule has 2 aromatic rings. The fraction of sp³-hybridized carbons (Fsp3) is 0.211. The molecular weight excluding hydrogens is 286 g/mol. The van der Waals surface area contributed by atoms with Crippen LogP contribution in [0.2, 0.25) is 0 Å². The van der Waals surface area contributed by atoms with Crippen LogP contribution in [-0.4, -0.2) is 10.9 Å². The number of benzene rings is 1. The van der Waals surface area contributed by atoms with Gasteiger partial charge in [-0.1, -0.05) is 43.3 Å². The number of hydrogen-bond acceptors (Lipinski definition) is 3. The van der Waals surface area contributed by atoms with Crippen LogP contribution < -0.4 is 5.32 Å². The van der Waals surface area contributed by atoms with Crippen LogP contribution in [0.25, 0.3) is 6.08 Å². The number of pyridine rings is 1. The summed E-state index contributed by atoms with van der Waals surface area (Å²) in [5.41, 5.74) is 2.74. The summed E-state index contributed by atoms with van der Waals surface area (Å²) < 4.78 is 0. The maximum Gasteiger partial charge on any atom is 0.262 e. The predicted molar refractivity (Wildman–Crippen MR) is 90.2 cm³/mol. The number of aryl methyl sites for hydroxylation is 1. The van der Waals surface area contributed by atoms with Gasteiger partial charge in [-0.2, -0.15) is 5.26 Å². The molecule has 2 rings (SSSR count). The first-order chi connectivity index (χ1) is 11.2. The highest BCUT2D eigenvalue weighted by atomic mass is 16.1. The number of nitrogens with zero attached hydrogens (tertiary/aromatic N) is 2. The Bertz CT molecular complexity index is 745. The number of aromatic nitrogens is 1. The van der Waals surface area contributed by atoms with Crippen LogP contribution in [0.1, 0.15) is 36.7 Å². The maximum atomic E-state index is 12.3. The van der Waals surface area contributed by atoms with Crippen molar-refractivity contribution in [2.24, 2.45) is 0 Å². The molecule has 1 heterocycles. The summed E-state index contributed by atoms with van der Waals surface area (Å²) in [6, 6.07) is 15.1. The van der Waals surface area contributed by atoms with Gasteiger partial charge in [0.15, 0.2) is 0 Å². The average molecular weight is 305 g/mol. The van der Waals surface area contributed by atoms with E-state index in [-0.39, 0.29) is 17.5 Å². The standard InChI is InChI=1S/C19H19N3O/c1-3-18-16(10-7-11-21-18)12-17(13-20)19(23)22-14(2)15-8-5-4-6-9-15/h4-12,14H,3H2,1-2H3,(H,22,23)/b17-12+/t14-/m0/s1. The van der Waals surface area contributed by atoms with E-state index < -0.39 is 0 Å². The molecule has 116 valence electrons. The first-order valence-corrected chi connectivity index (χ1v) is 7.57. The molecule has 0 saturated carbocycles. The topological polar surface area (TPSA) is 65.8 Å². The smallest absolute Gasteiger partial charge is 0.262 e. The third-order valence-corrected chi connectivity index (χ3v) is 3.57. The van der Waals surface area contributed by atoms with E-state index in [1.54, 1.807) is 18.3 Å². The monoisotopic (exact) mass is 305 g/mol. The van der Waals surface area contributed by atoms with Gasteiger partial charge in [0.2, 0.25) is 0 Å². The van der Waals surface area contributed by atoms with Gasteiger partial charge in [-0.3, -0.25) is 9.78 Å². The molecule has 0 saturated heterocycles. The molecular formula is C19H19N3O. The van der Waals surface area contributed by atoms with Crippen LogP contribution in [0.3, 0.4) is 0 Å². The van der Waals surface area contributed by atoms with Crippen molar-refractivity contribution in [2.75, 3.05) is 0 Å². The normalized spacial score (nSPS) is 12.3. The van der Waals surface area contributed by atoms with E-state index in [0.717, 1.165) is 23.2 Å². The van der Waals surface area contributed by atoms with Gasteiger partial charge >= 0.3 is 0 Å². The Kier molecular flexibility index (Phi) is 5.65. The summed E-state index contributed by atoms with van der Waals surface area (Å²) >= 11 is 0. The Morgan fingerprint density at radius 2 is 2.04 bits per heavy atom. The van der Waals surface area contributed by atoms with Crippen LogP contribution in [0, 0.1) is 11.3 Å². The molecule has 1 aromatic heterocycles. The molecule has 0 fully saturated rings. The van der Waals surface area contributed by atoms with Gasteiger partial charge < -0.3 is 5.32 Å². The zero-order chi connectivity index (χ0) is 16.7. The Balaban J connectivity index is 2.19. The van der Waals surface area contributed by atoms with E-state index in [1.165, 1.54) is 0 Å². The van der Waals surface area contributed by atoms with Gasteiger partial charge in [0, 0.05) is 11.9 Å². The van der Waals surface area contributed by atoms with Crippen molar-refractivity contribution in [3.05, 3.63) is 71.1 Å². The highest BCUT2D eigenvalue weighted by Crippen LogP contribution is 2.14. The third kappa shape index (κ3) is 4.27. The van der Waals surface area contributed by atoms with Crippen molar-refractivity contribution in [1.29, 1.82) is 5.26 Å². The average Bonchev–Trinajstić information content (AvgIpc) is 2.60. The molecule has 4 nitrogen and oxygen atoms in total. The van der Waals surface area contributed by atoms with Gasteiger partial charge in [0.25, 0.3) is 5.91 Å². The molecule has 0 spiro atoms. The van der Waals surface area contributed by atoms with Crippen molar-refractivity contribution in [3.63, 3.8) is 0 Å². The van der Waals surface area contributed by atoms with E-state index in [4.69, 9.17) is 0 Å². The molecule has 1 N–H and O–H groups in total. The van der Waals surface area contributed by atoms with Crippen LogP contribution in [-0.2, 0) is 11.2 Å². The summed E-state index contributed by atoms with van der Waals surface area (Å²) in [6.45, 7) is 3.88. The fourth-order valence-electron chi connectivity index (χ4n) is 2.28. The van der Waals surface area contributed by atoms with E-state index in [1.807, 2.05) is 56.3 Å². The predicted octanol–water partition coefficient (Wildman–Crippen LogP) is 3.43. The summed E-state index contributed by atoms with van der Waals surface area (Å²) in [5, 5.41) is 12.2. The molecule has 0 unspecified atom stereocenters. The van der Waals surface area contributed by atoms with Crippen LogP contribution in [0.15, 0.2) is 54.2 Å². The second kappa shape index (κ2) is 7.90. The minimum Gasteiger partial charge on any atom is -0.345 e. The maximum absolute atomic E-state index is 12.3. The molecule has 0 radical (unpaired) electrons. The van der Waals surface area contributed by atoms with Crippen LogP contribution in [0.4, 0.5) is 0 Å². The lowest BCUT2D eigenvalue weighted by Crippen LogP contribution is -2.27. The summed E-state index contributed by atoms with van der Waals surface area (Å²) in [4.78, 5) is 16.6. The first-order valence-electron chi connectivity index (χ1n) is 7.57. The van der Waals surface area contributed by atoms with Crippen molar-refractivity contribution in [2.45, 2.75) is 26.3 Å². The Morgan fingerprint density at radius 1 is 1.30 bits per heavy atom. The summed E-state index contributed by atoms with van der Waals surface area (Å²) in [7, 11) is 0. The van der Waals surface area contributed by atoms with Crippen LogP contribution in [0.5, 0.6) is 0 Å². The number of hydrogen-bond donors (Lipinski definition) is 1. The SMILES string of the molecule is CCc1ncccc1/C=C(\C#N)C(=O)N[C@@H](C)c1ccccc1. The Morgan fingerprint density at radius 3 is 2.70 bits per heavy atom. The highest BCUT2D eigenvalue weighted by Gasteiger charge is 2.14. The second-order valence-corrected chi connectivity index (χ2v) is 5.17. The molecule has 1 atom stereocenters. The largest absolute Gasteiger partial charge is 0.345 e. The van der Waals surface area contributed by atoms with Gasteiger partial charge in [-0.15, -0.1) is 0 Å². The molecule has 0 aliphatic rings. The summed E-state index contributed by atoms with van der Waals surface area (Å²) in [5.74, 6) is -0.380. The van der Waals surface area contributed by atoms with Crippen molar-refractivity contribution in [1.82, 2.24) is 10.3 Å². The number of rotatable bonds is 5. The fourth-order valence-corrected chi connectivity index (χ4v) is 2.28. The molecule has 1 amide bonds. The zero-order valence-electron chi connectivity index (χ0n) is 13.3. The first kappa shape index (κ1) is 16.4. The van der Waals surface area contributed by atoms with Crippen LogP contribution >= 0.6 is 0 Å². The van der Waals surface area contributed by atoms with Crippen molar-refractivity contribution >= 4 is 12.0 Å². The van der Waals surface area contributed by atoms with E-state index in [2.05, 4.69) is 10.3 Å². The molecule has 0 bridgehead atoms. The third-order valence-electron chi connectivity index (χ3n) is 3.57. The molecule has 0 aliphatic heterocycles. The number of nitrogens with one attached hydrogen (secondary N) is 1. The van der Waals surface area contributed by atoms with Crippen molar-refractivity contribution < 1.29 is 4.79 Å². The number of carbonyl (C=O) groups excluding carboxylic acids is 1. The molecule has 23 heavy (non-hydrogen) atoms. The Hall–Kier alpha value is -2.93. The lowest BCUT2D eigenvalue weighted by atomic mass is 10.1. The lowest BCUT2D eigenvalue weighted by molar-refractivity contribution is -0.117. The molecule has 4 heteroatoms. The quantitative estimate of drug-likeness (QED) is 0.680. The van der Waals surface area contributed by atoms with Gasteiger partial charge in [-0.25, -0.2) is 0 Å². The minimum absolute atomic E-state index is 0.0791. The van der Waals surface area contributed by atoms with E-state index in [0.29, 0.717) is 0 Å². The minimum atomic E-state index is -0.380. The van der Waals surface area contributed by atoms with Gasteiger partial charge in [0.1, 0.15) is 11.6 Å². The lowest BCUT2D eigenvalue weighted by Gasteiger charge is -2.14. The number of nitriles is 1. The second-order valence-electron chi connectivity index (χ2n) is 5.17. The van der Waals surface area contributed by atoms with Gasteiger partial charge in [0.05, 0.1) is 6.04 Å². The molecule has 0 aliphatic carbocycles. The Labute approximate surface area is 136 Å². The number of amides is 1.